The fraction of sp³-hybridized carbons (Fsp3) is 0.200. The maximum atomic E-state index is 13.6. The summed E-state index contributed by atoms with van der Waals surface area (Å²) in [5.74, 6) is -0.507. The highest BCUT2D eigenvalue weighted by atomic mass is 19.1. The van der Waals surface area contributed by atoms with Gasteiger partial charge in [-0.1, -0.05) is 12.1 Å². The summed E-state index contributed by atoms with van der Waals surface area (Å²) in [6, 6.07) is 11.5. The molecule has 28 heavy (non-hydrogen) atoms. The maximum absolute atomic E-state index is 13.6. The quantitative estimate of drug-likeness (QED) is 0.590. The number of imidazole rings is 1. The Kier molecular flexibility index (Phi) is 4.38. The van der Waals surface area contributed by atoms with E-state index < -0.39 is 17.2 Å². The molecular weight excluding hydrogens is 361 g/mol. The molecule has 2 aromatic heterocycles. The average molecular weight is 379 g/mol. The maximum Gasteiger partial charge on any atom is 0.276 e. The summed E-state index contributed by atoms with van der Waals surface area (Å²) >= 11 is 0. The van der Waals surface area contributed by atoms with Gasteiger partial charge in [0.1, 0.15) is 11.6 Å². The topological polar surface area (TPSA) is 81.8 Å². The molecule has 0 spiro atoms. The molecular formula is C20H18FN5O2. The van der Waals surface area contributed by atoms with E-state index in [0.717, 1.165) is 17.1 Å². The molecule has 8 heteroatoms. The number of halogens is 1. The molecule has 0 atom stereocenters. The summed E-state index contributed by atoms with van der Waals surface area (Å²) in [4.78, 5) is 29.8. The predicted octanol–water partition coefficient (Wildman–Crippen LogP) is 2.37. The minimum absolute atomic E-state index is 0.129. The highest BCUT2D eigenvalue weighted by molar-refractivity contribution is 5.95. The van der Waals surface area contributed by atoms with Crippen molar-refractivity contribution in [3.05, 3.63) is 70.0 Å². The Morgan fingerprint density at radius 2 is 1.96 bits per heavy atom. The van der Waals surface area contributed by atoms with Gasteiger partial charge in [-0.2, -0.15) is 5.10 Å². The molecule has 0 saturated carbocycles. The highest BCUT2D eigenvalue weighted by Crippen LogP contribution is 2.15. The van der Waals surface area contributed by atoms with Gasteiger partial charge in [-0.15, -0.1) is 0 Å². The van der Waals surface area contributed by atoms with Gasteiger partial charge in [0.25, 0.3) is 5.91 Å². The number of hydrogen-bond donors (Lipinski definition) is 1. The normalized spacial score (nSPS) is 11.2. The van der Waals surface area contributed by atoms with Crippen molar-refractivity contribution in [1.29, 1.82) is 0 Å². The van der Waals surface area contributed by atoms with Crippen LogP contribution < -0.4 is 10.7 Å². The smallest absolute Gasteiger partial charge is 0.276 e. The first-order chi connectivity index (χ1) is 13.5. The molecule has 1 N–H and O–H groups in total. The van der Waals surface area contributed by atoms with Crippen LogP contribution in [-0.4, -0.2) is 25.2 Å². The van der Waals surface area contributed by atoms with Gasteiger partial charge in [-0.05, 0) is 37.3 Å². The number of carbonyl (C=O) groups is 1. The molecule has 0 bridgehead atoms. The summed E-state index contributed by atoms with van der Waals surface area (Å²) in [6.07, 6.45) is 0. The summed E-state index contributed by atoms with van der Waals surface area (Å²) < 4.78 is 17.0. The van der Waals surface area contributed by atoms with E-state index in [1.807, 2.05) is 42.8 Å². The third kappa shape index (κ3) is 2.92. The van der Waals surface area contributed by atoms with E-state index >= 15 is 0 Å². The number of para-hydroxylation sites is 2. The number of aryl methyl sites for hydroxylation is 2. The van der Waals surface area contributed by atoms with Crippen LogP contribution in [0.4, 0.5) is 4.39 Å². The van der Waals surface area contributed by atoms with Gasteiger partial charge in [-0.25, -0.2) is 9.37 Å². The van der Waals surface area contributed by atoms with Gasteiger partial charge < -0.3 is 9.88 Å². The SMILES string of the molecule is CCn1nc(C(=O)NCc2nc3ccccc3n2C)c(=O)c2cc(F)ccc21. The zero-order chi connectivity index (χ0) is 19.8. The Balaban J connectivity index is 1.68. The van der Waals surface area contributed by atoms with Crippen molar-refractivity contribution < 1.29 is 9.18 Å². The zero-order valence-corrected chi connectivity index (χ0v) is 15.4. The minimum Gasteiger partial charge on any atom is -0.343 e. The van der Waals surface area contributed by atoms with Crippen LogP contribution >= 0.6 is 0 Å². The second-order valence-corrected chi connectivity index (χ2v) is 6.41. The van der Waals surface area contributed by atoms with E-state index in [1.165, 1.54) is 16.8 Å². The third-order valence-corrected chi connectivity index (χ3v) is 4.72. The fourth-order valence-corrected chi connectivity index (χ4v) is 3.25. The van der Waals surface area contributed by atoms with Crippen molar-refractivity contribution in [3.8, 4) is 0 Å². The van der Waals surface area contributed by atoms with E-state index in [9.17, 15) is 14.0 Å². The molecule has 142 valence electrons. The standard InChI is InChI=1S/C20H18FN5O2/c1-3-26-15-9-8-12(21)10-13(15)19(27)18(24-26)20(28)22-11-17-23-14-6-4-5-7-16(14)25(17)2/h4-10H,3,11H2,1-2H3,(H,22,28). The molecule has 7 nitrogen and oxygen atoms in total. The Bertz CT molecular complexity index is 1280. The number of nitrogens with one attached hydrogen (secondary N) is 1. The Labute approximate surface area is 159 Å². The number of nitrogens with zero attached hydrogens (tertiary/aromatic N) is 4. The lowest BCUT2D eigenvalue weighted by Crippen LogP contribution is -2.32. The van der Waals surface area contributed by atoms with E-state index in [1.54, 1.807) is 0 Å². The second-order valence-electron chi connectivity index (χ2n) is 6.41. The molecule has 1 amide bonds. The molecule has 0 aliphatic heterocycles. The van der Waals surface area contributed by atoms with E-state index in [0.29, 0.717) is 17.9 Å². The summed E-state index contributed by atoms with van der Waals surface area (Å²) in [6.45, 7) is 2.41. The first-order valence-electron chi connectivity index (χ1n) is 8.88. The predicted molar refractivity (Wildman–Crippen MR) is 104 cm³/mol. The van der Waals surface area contributed by atoms with Gasteiger partial charge in [0.2, 0.25) is 5.43 Å². The lowest BCUT2D eigenvalue weighted by molar-refractivity contribution is 0.0941. The number of aromatic nitrogens is 4. The molecule has 2 aromatic carbocycles. The Morgan fingerprint density at radius 3 is 2.71 bits per heavy atom. The van der Waals surface area contributed by atoms with Crippen LogP contribution in [-0.2, 0) is 20.1 Å². The first kappa shape index (κ1) is 17.8. The number of benzene rings is 2. The molecule has 0 aliphatic rings. The molecule has 0 saturated heterocycles. The molecule has 4 aromatic rings. The van der Waals surface area contributed by atoms with Crippen LogP contribution in [0.5, 0.6) is 0 Å². The van der Waals surface area contributed by atoms with Gasteiger partial charge in [0, 0.05) is 13.6 Å². The number of amides is 1. The zero-order valence-electron chi connectivity index (χ0n) is 15.4. The van der Waals surface area contributed by atoms with Crippen molar-refractivity contribution in [2.75, 3.05) is 0 Å². The monoisotopic (exact) mass is 379 g/mol. The van der Waals surface area contributed by atoms with Crippen LogP contribution in [0.1, 0.15) is 23.2 Å². The lowest BCUT2D eigenvalue weighted by atomic mass is 10.2. The second kappa shape index (κ2) is 6.88. The largest absolute Gasteiger partial charge is 0.343 e. The third-order valence-electron chi connectivity index (χ3n) is 4.72. The van der Waals surface area contributed by atoms with Gasteiger partial charge in [-0.3, -0.25) is 14.3 Å². The number of rotatable bonds is 4. The van der Waals surface area contributed by atoms with Crippen LogP contribution in [0.15, 0.2) is 47.3 Å². The van der Waals surface area contributed by atoms with Crippen molar-refractivity contribution in [3.63, 3.8) is 0 Å². The molecule has 4 rings (SSSR count). The van der Waals surface area contributed by atoms with Crippen LogP contribution in [0.2, 0.25) is 0 Å². The summed E-state index contributed by atoms with van der Waals surface area (Å²) in [5, 5.41) is 6.99. The van der Waals surface area contributed by atoms with Crippen molar-refractivity contribution in [1.82, 2.24) is 24.6 Å². The molecule has 0 fully saturated rings. The van der Waals surface area contributed by atoms with Crippen LogP contribution in [0.25, 0.3) is 21.9 Å². The van der Waals surface area contributed by atoms with Crippen molar-refractivity contribution in [2.24, 2.45) is 7.05 Å². The molecule has 0 aliphatic carbocycles. The molecule has 0 radical (unpaired) electrons. The summed E-state index contributed by atoms with van der Waals surface area (Å²) in [7, 11) is 1.86. The first-order valence-corrected chi connectivity index (χ1v) is 8.88. The van der Waals surface area contributed by atoms with Gasteiger partial charge >= 0.3 is 0 Å². The van der Waals surface area contributed by atoms with Crippen molar-refractivity contribution >= 4 is 27.8 Å². The highest BCUT2D eigenvalue weighted by Gasteiger charge is 2.18. The molecule has 0 unspecified atom stereocenters. The van der Waals surface area contributed by atoms with Crippen LogP contribution in [0.3, 0.4) is 0 Å². The van der Waals surface area contributed by atoms with E-state index in [-0.39, 0.29) is 17.6 Å². The molecule has 2 heterocycles. The number of fused-ring (bicyclic) bond motifs is 2. The van der Waals surface area contributed by atoms with Crippen LogP contribution in [0, 0.1) is 5.82 Å². The van der Waals surface area contributed by atoms with Crippen molar-refractivity contribution in [2.45, 2.75) is 20.0 Å². The minimum atomic E-state index is -0.620. The van der Waals surface area contributed by atoms with E-state index in [4.69, 9.17) is 0 Å². The number of hydrogen-bond acceptors (Lipinski definition) is 4. The Morgan fingerprint density at radius 1 is 1.18 bits per heavy atom. The van der Waals surface area contributed by atoms with Gasteiger partial charge in [0.15, 0.2) is 5.69 Å². The van der Waals surface area contributed by atoms with Gasteiger partial charge in [0.05, 0.1) is 28.5 Å². The average Bonchev–Trinajstić information content (AvgIpc) is 3.03. The van der Waals surface area contributed by atoms with E-state index in [2.05, 4.69) is 15.4 Å². The lowest BCUT2D eigenvalue weighted by Gasteiger charge is -2.10. The Hall–Kier alpha value is -3.55. The summed E-state index contributed by atoms with van der Waals surface area (Å²) in [5.41, 5.74) is 1.39. The fourth-order valence-electron chi connectivity index (χ4n) is 3.25. The number of carbonyl (C=O) groups excluding carboxylic acids is 1.